The molecule has 1 amide bonds. The average molecular weight is 422 g/mol. The second-order valence-corrected chi connectivity index (χ2v) is 7.38. The third-order valence-electron chi connectivity index (χ3n) is 4.69. The predicted octanol–water partition coefficient (Wildman–Crippen LogP) is 3.84. The van der Waals surface area contributed by atoms with Gasteiger partial charge in [-0.25, -0.2) is 4.68 Å². The maximum atomic E-state index is 13.3. The number of carbonyl (C=O) groups is 1. The zero-order valence-corrected chi connectivity index (χ0v) is 17.0. The van der Waals surface area contributed by atoms with Crippen molar-refractivity contribution in [3.8, 4) is 0 Å². The van der Waals surface area contributed by atoms with Gasteiger partial charge in [0.2, 0.25) is 11.1 Å². The highest BCUT2D eigenvalue weighted by Crippen LogP contribution is 2.37. The molecule has 0 fully saturated rings. The Morgan fingerprint density at radius 2 is 2.00 bits per heavy atom. The number of thioether (sulfide) groups is 1. The Hall–Kier alpha value is -3.66. The van der Waals surface area contributed by atoms with E-state index in [1.807, 2.05) is 24.5 Å². The molecule has 0 unspecified atom stereocenters. The summed E-state index contributed by atoms with van der Waals surface area (Å²) >= 11 is 1.37. The first-order valence-electron chi connectivity index (χ1n) is 9.07. The minimum Gasteiger partial charge on any atom is -0.328 e. The van der Waals surface area contributed by atoms with Crippen LogP contribution in [0.1, 0.15) is 18.5 Å². The van der Waals surface area contributed by atoms with E-state index in [1.54, 1.807) is 35.9 Å². The molecule has 2 heterocycles. The minimum absolute atomic E-state index is 0.0572. The van der Waals surface area contributed by atoms with Gasteiger partial charge in [-0.15, -0.1) is 5.10 Å². The van der Waals surface area contributed by atoms with Gasteiger partial charge in [-0.3, -0.25) is 14.9 Å². The summed E-state index contributed by atoms with van der Waals surface area (Å²) in [6, 6.07) is 14.7. The fraction of sp³-hybridized carbons (Fsp3) is 0.150. The molecule has 0 bridgehead atoms. The Bertz CT molecular complexity index is 1160. The molecule has 4 rings (SSSR count). The molecule has 3 aromatic rings. The molecule has 1 aromatic heterocycles. The number of aromatic nitrogens is 3. The van der Waals surface area contributed by atoms with Gasteiger partial charge in [0, 0.05) is 23.5 Å². The van der Waals surface area contributed by atoms with Crippen molar-refractivity contribution in [2.75, 3.05) is 16.9 Å². The quantitative estimate of drug-likeness (QED) is 0.365. The van der Waals surface area contributed by atoms with Gasteiger partial charge >= 0.3 is 0 Å². The standard InChI is InChI=1S/C20H18N6O3S/c1-12-16(18(27)22-14-8-4-3-5-9-14)17(13-7-6-10-15(11-13)26(28)29)25-19(21-12)23-20(24-25)30-2/h3-11,17H,1-2H3,(H,22,27)(H,21,23,24)/t17-/m0/s1. The number of rotatable bonds is 5. The molecule has 0 saturated carbocycles. The molecule has 0 radical (unpaired) electrons. The number of fused-ring (bicyclic) bond motifs is 1. The fourth-order valence-electron chi connectivity index (χ4n) is 3.35. The minimum atomic E-state index is -0.668. The first-order valence-corrected chi connectivity index (χ1v) is 10.3. The topological polar surface area (TPSA) is 115 Å². The Balaban J connectivity index is 1.82. The number of nitrogens with one attached hydrogen (secondary N) is 2. The summed E-state index contributed by atoms with van der Waals surface area (Å²) in [4.78, 5) is 28.6. The number of non-ortho nitro benzene ring substituents is 1. The second kappa shape index (κ2) is 7.99. The Labute approximate surface area is 176 Å². The molecule has 1 aliphatic rings. The van der Waals surface area contributed by atoms with Crippen molar-refractivity contribution in [3.05, 3.63) is 81.5 Å². The van der Waals surface area contributed by atoms with Crippen molar-refractivity contribution < 1.29 is 9.72 Å². The number of nitro groups is 1. The summed E-state index contributed by atoms with van der Waals surface area (Å²) in [6.45, 7) is 1.78. The largest absolute Gasteiger partial charge is 0.328 e. The van der Waals surface area contributed by atoms with Gasteiger partial charge in [-0.05, 0) is 30.9 Å². The van der Waals surface area contributed by atoms with E-state index in [-0.39, 0.29) is 11.6 Å². The maximum absolute atomic E-state index is 13.3. The lowest BCUT2D eigenvalue weighted by molar-refractivity contribution is -0.384. The molecular weight excluding hydrogens is 404 g/mol. The number of hydrogen-bond acceptors (Lipinski definition) is 7. The molecular formula is C20H18N6O3S. The molecule has 1 atom stereocenters. The van der Waals surface area contributed by atoms with Crippen LogP contribution in [0.15, 0.2) is 71.0 Å². The van der Waals surface area contributed by atoms with Crippen molar-refractivity contribution in [1.82, 2.24) is 14.8 Å². The van der Waals surface area contributed by atoms with Crippen LogP contribution in [-0.4, -0.2) is 31.9 Å². The van der Waals surface area contributed by atoms with Gasteiger partial charge in [0.15, 0.2) is 0 Å². The molecule has 30 heavy (non-hydrogen) atoms. The van der Waals surface area contributed by atoms with Crippen molar-refractivity contribution >= 4 is 35.0 Å². The number of amides is 1. The van der Waals surface area contributed by atoms with Crippen LogP contribution in [0.5, 0.6) is 0 Å². The zero-order valence-electron chi connectivity index (χ0n) is 16.2. The number of para-hydroxylation sites is 1. The number of hydrogen-bond donors (Lipinski definition) is 2. The van der Waals surface area contributed by atoms with E-state index in [2.05, 4.69) is 20.7 Å². The summed E-state index contributed by atoms with van der Waals surface area (Å²) in [7, 11) is 0. The third-order valence-corrected chi connectivity index (χ3v) is 5.23. The molecule has 0 aliphatic carbocycles. The van der Waals surface area contributed by atoms with Crippen LogP contribution >= 0.6 is 11.8 Å². The molecule has 152 valence electrons. The van der Waals surface area contributed by atoms with Gasteiger partial charge in [0.1, 0.15) is 6.04 Å². The van der Waals surface area contributed by atoms with Gasteiger partial charge in [0.05, 0.1) is 10.5 Å². The van der Waals surface area contributed by atoms with E-state index in [0.717, 1.165) is 0 Å². The number of nitrogens with zero attached hydrogens (tertiary/aromatic N) is 4. The predicted molar refractivity (Wildman–Crippen MR) is 114 cm³/mol. The lowest BCUT2D eigenvalue weighted by Crippen LogP contribution is -2.31. The molecule has 0 spiro atoms. The first-order chi connectivity index (χ1) is 14.5. The van der Waals surface area contributed by atoms with Crippen molar-refractivity contribution in [3.63, 3.8) is 0 Å². The SMILES string of the molecule is CSc1nc2n(n1)[C@@H](c1cccc([N+](=O)[O-])c1)C(C(=O)Nc1ccccc1)=C(C)N2. The lowest BCUT2D eigenvalue weighted by atomic mass is 9.94. The van der Waals surface area contributed by atoms with Crippen LogP contribution in [0.4, 0.5) is 17.3 Å². The average Bonchev–Trinajstić information content (AvgIpc) is 3.16. The Kier molecular flexibility index (Phi) is 5.23. The van der Waals surface area contributed by atoms with Crippen LogP contribution in [0.25, 0.3) is 0 Å². The highest BCUT2D eigenvalue weighted by atomic mass is 32.2. The summed E-state index contributed by atoms with van der Waals surface area (Å²) < 4.78 is 1.60. The summed E-state index contributed by atoms with van der Waals surface area (Å²) in [5.41, 5.74) is 2.17. The first kappa shape index (κ1) is 19.6. The molecule has 0 saturated heterocycles. The van der Waals surface area contributed by atoms with Crippen molar-refractivity contribution in [2.45, 2.75) is 18.1 Å². The highest BCUT2D eigenvalue weighted by Gasteiger charge is 2.35. The van der Waals surface area contributed by atoms with E-state index in [1.165, 1.54) is 23.9 Å². The Morgan fingerprint density at radius 1 is 1.23 bits per heavy atom. The van der Waals surface area contributed by atoms with Crippen LogP contribution in [0, 0.1) is 10.1 Å². The number of benzene rings is 2. The maximum Gasteiger partial charge on any atom is 0.269 e. The number of carbonyl (C=O) groups excluding carboxylic acids is 1. The number of allylic oxidation sites excluding steroid dienone is 1. The van der Waals surface area contributed by atoms with Crippen LogP contribution in [0.3, 0.4) is 0 Å². The molecule has 1 aliphatic heterocycles. The monoisotopic (exact) mass is 422 g/mol. The van der Waals surface area contributed by atoms with Gasteiger partial charge < -0.3 is 10.6 Å². The number of nitro benzene ring substituents is 1. The van der Waals surface area contributed by atoms with Crippen molar-refractivity contribution in [1.29, 1.82) is 0 Å². The van der Waals surface area contributed by atoms with E-state index in [9.17, 15) is 14.9 Å². The number of anilines is 2. The highest BCUT2D eigenvalue weighted by molar-refractivity contribution is 7.98. The summed E-state index contributed by atoms with van der Waals surface area (Å²) in [5.74, 6) is 0.152. The molecule has 9 nitrogen and oxygen atoms in total. The second-order valence-electron chi connectivity index (χ2n) is 6.61. The van der Waals surface area contributed by atoms with E-state index >= 15 is 0 Å². The summed E-state index contributed by atoms with van der Waals surface area (Å²) in [6.07, 6.45) is 1.85. The molecule has 2 N–H and O–H groups in total. The smallest absolute Gasteiger partial charge is 0.269 e. The van der Waals surface area contributed by atoms with Crippen LogP contribution in [0.2, 0.25) is 0 Å². The molecule has 2 aromatic carbocycles. The van der Waals surface area contributed by atoms with Gasteiger partial charge in [-0.2, -0.15) is 4.98 Å². The van der Waals surface area contributed by atoms with E-state index < -0.39 is 11.0 Å². The van der Waals surface area contributed by atoms with Crippen LogP contribution in [-0.2, 0) is 4.79 Å². The van der Waals surface area contributed by atoms with E-state index in [0.29, 0.717) is 33.6 Å². The lowest BCUT2D eigenvalue weighted by Gasteiger charge is -2.28. The van der Waals surface area contributed by atoms with Gasteiger partial charge in [-0.1, -0.05) is 42.1 Å². The Morgan fingerprint density at radius 3 is 2.70 bits per heavy atom. The van der Waals surface area contributed by atoms with Crippen LogP contribution < -0.4 is 10.6 Å². The van der Waals surface area contributed by atoms with Gasteiger partial charge in [0.25, 0.3) is 11.6 Å². The molecule has 10 heteroatoms. The van der Waals surface area contributed by atoms with E-state index in [4.69, 9.17) is 0 Å². The normalized spacial score (nSPS) is 15.3. The summed E-state index contributed by atoms with van der Waals surface area (Å²) in [5, 5.41) is 22.4. The van der Waals surface area contributed by atoms with Crippen molar-refractivity contribution in [2.24, 2.45) is 0 Å². The fourth-order valence-corrected chi connectivity index (χ4v) is 3.70. The third kappa shape index (κ3) is 3.64. The zero-order chi connectivity index (χ0) is 21.3.